The maximum absolute atomic E-state index is 13.7. The van der Waals surface area contributed by atoms with Crippen LogP contribution in [0.2, 0.25) is 0 Å². The van der Waals surface area contributed by atoms with Crippen LogP contribution in [0.1, 0.15) is 23.7 Å². The molecule has 0 amide bonds. The number of benzene rings is 1. The van der Waals surface area contributed by atoms with Crippen molar-refractivity contribution >= 4 is 5.69 Å². The van der Waals surface area contributed by atoms with Gasteiger partial charge in [0.25, 0.3) is 0 Å². The minimum atomic E-state index is -1.28. The second kappa shape index (κ2) is 5.25. The van der Waals surface area contributed by atoms with Crippen molar-refractivity contribution in [2.24, 2.45) is 5.73 Å². The molecular formula is C11H17FN2O2. The molecule has 0 heterocycles. The Morgan fingerprint density at radius 2 is 2.00 bits per heavy atom. The molecule has 90 valence electrons. The number of hydrogen-bond acceptors (Lipinski definition) is 4. The van der Waals surface area contributed by atoms with Gasteiger partial charge in [-0.15, -0.1) is 0 Å². The second-order valence-electron chi connectivity index (χ2n) is 3.77. The van der Waals surface area contributed by atoms with Crippen LogP contribution in [-0.2, 0) is 0 Å². The summed E-state index contributed by atoms with van der Waals surface area (Å²) in [6.45, 7) is 1.75. The Morgan fingerprint density at radius 3 is 2.56 bits per heavy atom. The SMILES string of the molecule is Cc1c(N)ccc(C(O)C(O)CCN)c1F. The number of nitrogens with two attached hydrogens (primary N) is 2. The van der Waals surface area contributed by atoms with Gasteiger partial charge in [-0.1, -0.05) is 6.07 Å². The van der Waals surface area contributed by atoms with Crippen LogP contribution in [0.3, 0.4) is 0 Å². The minimum absolute atomic E-state index is 0.0488. The summed E-state index contributed by atoms with van der Waals surface area (Å²) in [5.74, 6) is -0.580. The van der Waals surface area contributed by atoms with E-state index >= 15 is 0 Å². The highest BCUT2D eigenvalue weighted by Gasteiger charge is 2.22. The van der Waals surface area contributed by atoms with Crippen molar-refractivity contribution in [3.05, 3.63) is 29.1 Å². The predicted octanol–water partition coefficient (Wildman–Crippen LogP) is 0.459. The molecule has 0 aliphatic heterocycles. The zero-order valence-corrected chi connectivity index (χ0v) is 9.15. The van der Waals surface area contributed by atoms with E-state index in [0.29, 0.717) is 5.69 Å². The van der Waals surface area contributed by atoms with Gasteiger partial charge in [0.05, 0.1) is 6.10 Å². The molecule has 1 rings (SSSR count). The van der Waals surface area contributed by atoms with Crippen molar-refractivity contribution < 1.29 is 14.6 Å². The Balaban J connectivity index is 3.00. The molecule has 2 unspecified atom stereocenters. The highest BCUT2D eigenvalue weighted by Crippen LogP contribution is 2.26. The molecule has 0 saturated carbocycles. The van der Waals surface area contributed by atoms with Crippen molar-refractivity contribution in [1.29, 1.82) is 0 Å². The van der Waals surface area contributed by atoms with Crippen LogP contribution in [0, 0.1) is 12.7 Å². The molecule has 0 aliphatic rings. The first-order chi connectivity index (χ1) is 7.49. The maximum atomic E-state index is 13.7. The molecule has 4 nitrogen and oxygen atoms in total. The number of anilines is 1. The Bertz CT molecular complexity index is 371. The van der Waals surface area contributed by atoms with Gasteiger partial charge >= 0.3 is 0 Å². The van der Waals surface area contributed by atoms with Crippen LogP contribution >= 0.6 is 0 Å². The summed E-state index contributed by atoms with van der Waals surface area (Å²) in [6.07, 6.45) is -2.13. The fourth-order valence-corrected chi connectivity index (χ4v) is 1.49. The van der Waals surface area contributed by atoms with Crippen molar-refractivity contribution in [1.82, 2.24) is 0 Å². The van der Waals surface area contributed by atoms with Crippen LogP contribution in [-0.4, -0.2) is 22.9 Å². The molecule has 1 aromatic rings. The Morgan fingerprint density at radius 1 is 1.38 bits per heavy atom. The van der Waals surface area contributed by atoms with Gasteiger partial charge in [-0.05, 0) is 26.0 Å². The molecule has 5 heteroatoms. The van der Waals surface area contributed by atoms with E-state index < -0.39 is 18.0 Å². The zero-order chi connectivity index (χ0) is 12.3. The third kappa shape index (κ3) is 2.49. The summed E-state index contributed by atoms with van der Waals surface area (Å²) >= 11 is 0. The summed E-state index contributed by atoms with van der Waals surface area (Å²) in [4.78, 5) is 0. The van der Waals surface area contributed by atoms with Crippen molar-refractivity contribution in [3.63, 3.8) is 0 Å². The van der Waals surface area contributed by atoms with Crippen LogP contribution < -0.4 is 11.5 Å². The van der Waals surface area contributed by atoms with Gasteiger partial charge in [0.15, 0.2) is 0 Å². The first kappa shape index (κ1) is 12.9. The lowest BCUT2D eigenvalue weighted by Crippen LogP contribution is -2.23. The molecule has 0 spiro atoms. The second-order valence-corrected chi connectivity index (χ2v) is 3.77. The number of hydrogen-bond donors (Lipinski definition) is 4. The summed E-state index contributed by atoms with van der Waals surface area (Å²) in [6, 6.07) is 2.88. The first-order valence-electron chi connectivity index (χ1n) is 5.09. The number of rotatable bonds is 4. The fourth-order valence-electron chi connectivity index (χ4n) is 1.49. The van der Waals surface area contributed by atoms with E-state index in [4.69, 9.17) is 11.5 Å². The van der Waals surface area contributed by atoms with E-state index in [2.05, 4.69) is 0 Å². The molecule has 0 radical (unpaired) electrons. The van der Waals surface area contributed by atoms with Crippen molar-refractivity contribution in [2.45, 2.75) is 25.6 Å². The quantitative estimate of drug-likeness (QED) is 0.563. The van der Waals surface area contributed by atoms with Gasteiger partial charge in [0, 0.05) is 16.8 Å². The molecule has 0 saturated heterocycles. The first-order valence-corrected chi connectivity index (χ1v) is 5.09. The van der Waals surface area contributed by atoms with Gasteiger partial charge in [0.2, 0.25) is 0 Å². The van der Waals surface area contributed by atoms with Gasteiger partial charge < -0.3 is 21.7 Å². The average Bonchev–Trinajstić information content (AvgIpc) is 2.26. The highest BCUT2D eigenvalue weighted by atomic mass is 19.1. The van der Waals surface area contributed by atoms with Crippen LogP contribution in [0.4, 0.5) is 10.1 Å². The lowest BCUT2D eigenvalue weighted by Gasteiger charge is -2.19. The summed E-state index contributed by atoms with van der Waals surface area (Å²) in [5, 5.41) is 19.3. The Labute approximate surface area is 93.7 Å². The van der Waals surface area contributed by atoms with E-state index in [1.165, 1.54) is 19.1 Å². The third-order valence-electron chi connectivity index (χ3n) is 2.60. The van der Waals surface area contributed by atoms with Crippen LogP contribution in [0.15, 0.2) is 12.1 Å². The standard InChI is InChI=1S/C11H17FN2O2/c1-6-8(14)3-2-7(10(6)12)11(16)9(15)4-5-13/h2-3,9,11,15-16H,4-5,13-14H2,1H3. The normalized spacial score (nSPS) is 14.8. The van der Waals surface area contributed by atoms with Gasteiger partial charge in [-0.3, -0.25) is 0 Å². The topological polar surface area (TPSA) is 92.5 Å². The molecule has 16 heavy (non-hydrogen) atoms. The number of aliphatic hydroxyl groups excluding tert-OH is 2. The van der Waals surface area contributed by atoms with Crippen LogP contribution in [0.25, 0.3) is 0 Å². The van der Waals surface area contributed by atoms with E-state index in [-0.39, 0.29) is 24.1 Å². The zero-order valence-electron chi connectivity index (χ0n) is 9.15. The van der Waals surface area contributed by atoms with Gasteiger partial charge in [0.1, 0.15) is 11.9 Å². The summed E-state index contributed by atoms with van der Waals surface area (Å²) in [7, 11) is 0. The number of aliphatic hydroxyl groups is 2. The minimum Gasteiger partial charge on any atom is -0.398 e. The molecule has 0 bridgehead atoms. The molecule has 6 N–H and O–H groups in total. The smallest absolute Gasteiger partial charge is 0.134 e. The van der Waals surface area contributed by atoms with E-state index in [1.54, 1.807) is 0 Å². The summed E-state index contributed by atoms with van der Waals surface area (Å²) < 4.78 is 13.7. The van der Waals surface area contributed by atoms with E-state index in [1.807, 2.05) is 0 Å². The molecule has 0 aliphatic carbocycles. The molecule has 0 aromatic heterocycles. The molecule has 1 aromatic carbocycles. The van der Waals surface area contributed by atoms with Gasteiger partial charge in [-0.25, -0.2) is 4.39 Å². The molecular weight excluding hydrogens is 211 g/mol. The Hall–Kier alpha value is -1.17. The fraction of sp³-hybridized carbons (Fsp3) is 0.455. The van der Waals surface area contributed by atoms with Crippen LogP contribution in [0.5, 0.6) is 0 Å². The third-order valence-corrected chi connectivity index (χ3v) is 2.60. The lowest BCUT2D eigenvalue weighted by atomic mass is 9.99. The summed E-state index contributed by atoms with van der Waals surface area (Å²) in [5.41, 5.74) is 11.4. The van der Waals surface area contributed by atoms with Crippen molar-refractivity contribution in [2.75, 3.05) is 12.3 Å². The average molecular weight is 228 g/mol. The van der Waals surface area contributed by atoms with Crippen molar-refractivity contribution in [3.8, 4) is 0 Å². The largest absolute Gasteiger partial charge is 0.398 e. The Kier molecular flexibility index (Phi) is 4.23. The van der Waals surface area contributed by atoms with Gasteiger partial charge in [-0.2, -0.15) is 0 Å². The molecule has 0 fully saturated rings. The number of nitrogen functional groups attached to an aromatic ring is 1. The number of halogens is 1. The highest BCUT2D eigenvalue weighted by molar-refractivity contribution is 5.49. The van der Waals surface area contributed by atoms with E-state index in [0.717, 1.165) is 0 Å². The lowest BCUT2D eigenvalue weighted by molar-refractivity contribution is 0.0129. The predicted molar refractivity (Wildman–Crippen MR) is 60.2 cm³/mol. The van der Waals surface area contributed by atoms with E-state index in [9.17, 15) is 14.6 Å². The monoisotopic (exact) mass is 228 g/mol. The molecule has 2 atom stereocenters. The maximum Gasteiger partial charge on any atom is 0.134 e.